The predicted molar refractivity (Wildman–Crippen MR) is 62.2 cm³/mol. The molecule has 0 bridgehead atoms. The van der Waals surface area contributed by atoms with Crippen molar-refractivity contribution in [2.24, 2.45) is 0 Å². The van der Waals surface area contributed by atoms with Crippen molar-refractivity contribution in [3.63, 3.8) is 0 Å². The summed E-state index contributed by atoms with van der Waals surface area (Å²) < 4.78 is 26.3. The van der Waals surface area contributed by atoms with Gasteiger partial charge in [0.25, 0.3) is 0 Å². The summed E-state index contributed by atoms with van der Waals surface area (Å²) in [6, 6.07) is 3.59. The Morgan fingerprint density at radius 1 is 1.44 bits per heavy atom. The monoisotopic (exact) mass is 225 g/mol. The van der Waals surface area contributed by atoms with Crippen LogP contribution in [0.25, 0.3) is 0 Å². The molecule has 0 radical (unpaired) electrons. The van der Waals surface area contributed by atoms with Crippen molar-refractivity contribution in [2.75, 3.05) is 7.05 Å². The molecule has 1 rings (SSSR count). The first kappa shape index (κ1) is 12.8. The minimum Gasteiger partial charge on any atom is -0.313 e. The van der Waals surface area contributed by atoms with E-state index in [1.807, 2.05) is 6.92 Å². The van der Waals surface area contributed by atoms with Crippen molar-refractivity contribution in [3.05, 3.63) is 47.5 Å². The van der Waals surface area contributed by atoms with Gasteiger partial charge in [0.15, 0.2) is 0 Å². The average Bonchev–Trinajstić information content (AvgIpc) is 2.21. The molecule has 0 aliphatic heterocycles. The van der Waals surface area contributed by atoms with Gasteiger partial charge in [-0.05, 0) is 32.9 Å². The highest BCUT2D eigenvalue weighted by Crippen LogP contribution is 2.23. The molecule has 0 aliphatic carbocycles. The summed E-state index contributed by atoms with van der Waals surface area (Å²) in [6.45, 7) is 5.75. The third-order valence-electron chi connectivity index (χ3n) is 2.55. The molecule has 3 heteroatoms. The zero-order chi connectivity index (χ0) is 12.1. The van der Waals surface area contributed by atoms with Crippen molar-refractivity contribution in [1.29, 1.82) is 0 Å². The summed E-state index contributed by atoms with van der Waals surface area (Å²) >= 11 is 0. The van der Waals surface area contributed by atoms with Crippen LogP contribution in [0.1, 0.15) is 31.4 Å². The highest BCUT2D eigenvalue weighted by Gasteiger charge is 2.14. The fourth-order valence-electron chi connectivity index (χ4n) is 1.63. The van der Waals surface area contributed by atoms with Gasteiger partial charge in [0.2, 0.25) is 0 Å². The van der Waals surface area contributed by atoms with Crippen LogP contribution in [0.15, 0.2) is 30.4 Å². The number of benzene rings is 1. The molecule has 0 heterocycles. The molecule has 0 saturated heterocycles. The van der Waals surface area contributed by atoms with E-state index in [0.29, 0.717) is 5.56 Å². The average molecular weight is 225 g/mol. The van der Waals surface area contributed by atoms with Crippen LogP contribution in [0, 0.1) is 11.6 Å². The first-order valence-electron chi connectivity index (χ1n) is 5.31. The molecule has 88 valence electrons. The number of nitrogens with one attached hydrogen (secondary N) is 1. The Hall–Kier alpha value is -1.22. The molecule has 0 aromatic heterocycles. The lowest BCUT2D eigenvalue weighted by atomic mass is 9.99. The smallest absolute Gasteiger partial charge is 0.130 e. The summed E-state index contributed by atoms with van der Waals surface area (Å²) in [5, 5.41) is 3.03. The van der Waals surface area contributed by atoms with Crippen molar-refractivity contribution >= 4 is 0 Å². The fraction of sp³-hybridized carbons (Fsp3) is 0.385. The Balaban J connectivity index is 2.82. The maximum Gasteiger partial charge on any atom is 0.130 e. The molecule has 1 aromatic rings. The summed E-state index contributed by atoms with van der Waals surface area (Å²) in [6.07, 6.45) is 1.58. The largest absolute Gasteiger partial charge is 0.313 e. The van der Waals surface area contributed by atoms with Crippen molar-refractivity contribution in [1.82, 2.24) is 5.32 Å². The number of halogens is 2. The van der Waals surface area contributed by atoms with E-state index in [9.17, 15) is 8.78 Å². The molecule has 0 amide bonds. The van der Waals surface area contributed by atoms with Crippen LogP contribution in [0.3, 0.4) is 0 Å². The SMILES string of the molecule is C=C(C)CCC(NC)c1ccc(F)cc1F. The zero-order valence-corrected chi connectivity index (χ0v) is 9.69. The molecule has 1 N–H and O–H groups in total. The summed E-state index contributed by atoms with van der Waals surface area (Å²) in [4.78, 5) is 0. The first-order valence-corrected chi connectivity index (χ1v) is 5.31. The van der Waals surface area contributed by atoms with Gasteiger partial charge in [-0.15, -0.1) is 6.58 Å². The Morgan fingerprint density at radius 2 is 2.12 bits per heavy atom. The summed E-state index contributed by atoms with van der Waals surface area (Å²) in [5.74, 6) is -1.04. The second kappa shape index (κ2) is 5.75. The van der Waals surface area contributed by atoms with Crippen molar-refractivity contribution < 1.29 is 8.78 Å². The molecule has 1 unspecified atom stereocenters. The Bertz CT molecular complexity index is 374. The quantitative estimate of drug-likeness (QED) is 0.755. The van der Waals surface area contributed by atoms with E-state index in [2.05, 4.69) is 11.9 Å². The Morgan fingerprint density at radius 3 is 2.62 bits per heavy atom. The zero-order valence-electron chi connectivity index (χ0n) is 9.69. The van der Waals surface area contributed by atoms with Gasteiger partial charge in [-0.25, -0.2) is 8.78 Å². The lowest BCUT2D eigenvalue weighted by Crippen LogP contribution is -2.17. The van der Waals surface area contributed by atoms with Crippen LogP contribution in [0.2, 0.25) is 0 Å². The molecule has 1 aromatic carbocycles. The molecule has 0 saturated carbocycles. The molecule has 1 atom stereocenters. The Labute approximate surface area is 95.2 Å². The normalized spacial score (nSPS) is 12.5. The highest BCUT2D eigenvalue weighted by atomic mass is 19.1. The maximum atomic E-state index is 13.5. The van der Waals surface area contributed by atoms with E-state index in [0.717, 1.165) is 24.5 Å². The molecule has 1 nitrogen and oxygen atoms in total. The first-order chi connectivity index (χ1) is 7.54. The molecule has 0 aliphatic rings. The second-order valence-electron chi connectivity index (χ2n) is 4.00. The van der Waals surface area contributed by atoms with Crippen molar-refractivity contribution in [3.8, 4) is 0 Å². The van der Waals surface area contributed by atoms with E-state index in [4.69, 9.17) is 0 Å². The van der Waals surface area contributed by atoms with Crippen LogP contribution in [0.4, 0.5) is 8.78 Å². The molecular weight excluding hydrogens is 208 g/mol. The van der Waals surface area contributed by atoms with E-state index in [-0.39, 0.29) is 6.04 Å². The standard InChI is InChI=1S/C13H17F2N/c1-9(2)4-7-13(16-3)11-6-5-10(14)8-12(11)15/h5-6,8,13,16H,1,4,7H2,2-3H3. The topological polar surface area (TPSA) is 12.0 Å². The van der Waals surface area contributed by atoms with E-state index in [1.54, 1.807) is 7.05 Å². The molecule has 16 heavy (non-hydrogen) atoms. The predicted octanol–water partition coefficient (Wildman–Crippen LogP) is 3.58. The summed E-state index contributed by atoms with van der Waals surface area (Å²) in [7, 11) is 1.77. The fourth-order valence-corrected chi connectivity index (χ4v) is 1.63. The van der Waals surface area contributed by atoms with Crippen LogP contribution in [-0.4, -0.2) is 7.05 Å². The third-order valence-corrected chi connectivity index (χ3v) is 2.55. The van der Waals surface area contributed by atoms with E-state index < -0.39 is 11.6 Å². The van der Waals surface area contributed by atoms with Gasteiger partial charge in [-0.1, -0.05) is 11.6 Å². The van der Waals surface area contributed by atoms with Gasteiger partial charge in [0, 0.05) is 17.7 Å². The van der Waals surface area contributed by atoms with Crippen LogP contribution in [0.5, 0.6) is 0 Å². The van der Waals surface area contributed by atoms with Gasteiger partial charge in [0.1, 0.15) is 11.6 Å². The van der Waals surface area contributed by atoms with Gasteiger partial charge >= 0.3 is 0 Å². The van der Waals surface area contributed by atoms with Crippen LogP contribution >= 0.6 is 0 Å². The van der Waals surface area contributed by atoms with Gasteiger partial charge < -0.3 is 5.32 Å². The van der Waals surface area contributed by atoms with Gasteiger partial charge in [-0.3, -0.25) is 0 Å². The summed E-state index contributed by atoms with van der Waals surface area (Å²) in [5.41, 5.74) is 1.56. The Kier molecular flexibility index (Phi) is 4.62. The second-order valence-corrected chi connectivity index (χ2v) is 4.00. The lowest BCUT2D eigenvalue weighted by molar-refractivity contribution is 0.500. The van der Waals surface area contributed by atoms with Crippen molar-refractivity contribution in [2.45, 2.75) is 25.8 Å². The lowest BCUT2D eigenvalue weighted by Gasteiger charge is -2.17. The van der Waals surface area contributed by atoms with Gasteiger partial charge in [-0.2, -0.15) is 0 Å². The molecule has 0 fully saturated rings. The van der Waals surface area contributed by atoms with Gasteiger partial charge in [0.05, 0.1) is 0 Å². The van der Waals surface area contributed by atoms with Crippen LogP contribution < -0.4 is 5.32 Å². The molecule has 0 spiro atoms. The number of rotatable bonds is 5. The maximum absolute atomic E-state index is 13.5. The minimum atomic E-state index is -0.545. The number of allylic oxidation sites excluding steroid dienone is 1. The highest BCUT2D eigenvalue weighted by molar-refractivity contribution is 5.22. The molecular formula is C13H17F2N. The van der Waals surface area contributed by atoms with E-state index in [1.165, 1.54) is 12.1 Å². The van der Waals surface area contributed by atoms with Crippen LogP contribution in [-0.2, 0) is 0 Å². The number of hydrogen-bond donors (Lipinski definition) is 1. The minimum absolute atomic E-state index is 0.0997. The number of hydrogen-bond acceptors (Lipinski definition) is 1. The third kappa shape index (κ3) is 3.42. The van der Waals surface area contributed by atoms with E-state index >= 15 is 0 Å².